The van der Waals surface area contributed by atoms with E-state index in [0.29, 0.717) is 11.4 Å². The maximum absolute atomic E-state index is 12.5. The smallest absolute Gasteiger partial charge is 0.294 e. The predicted octanol–water partition coefficient (Wildman–Crippen LogP) is 3.91. The van der Waals surface area contributed by atoms with Gasteiger partial charge in [0.1, 0.15) is 6.54 Å². The number of thioether (sulfide) groups is 1. The number of hydrogen-bond acceptors (Lipinski definition) is 4. The summed E-state index contributed by atoms with van der Waals surface area (Å²) in [6.07, 6.45) is 2.63. The second-order valence-corrected chi connectivity index (χ2v) is 7.62. The van der Waals surface area contributed by atoms with E-state index in [1.165, 1.54) is 5.56 Å². The fourth-order valence-corrected chi connectivity index (χ4v) is 3.58. The molecule has 2 aromatic carbocycles. The van der Waals surface area contributed by atoms with Crippen molar-refractivity contribution in [2.75, 3.05) is 6.54 Å². The third kappa shape index (κ3) is 4.89. The van der Waals surface area contributed by atoms with Crippen molar-refractivity contribution in [1.82, 2.24) is 10.2 Å². The van der Waals surface area contributed by atoms with Gasteiger partial charge in [-0.15, -0.1) is 0 Å². The van der Waals surface area contributed by atoms with Crippen molar-refractivity contribution in [3.63, 3.8) is 0 Å². The van der Waals surface area contributed by atoms with Crippen molar-refractivity contribution >= 4 is 34.9 Å². The van der Waals surface area contributed by atoms with Crippen molar-refractivity contribution in [3.8, 4) is 0 Å². The van der Waals surface area contributed by atoms with Gasteiger partial charge in [-0.3, -0.25) is 19.3 Å². The predicted molar refractivity (Wildman–Crippen MR) is 112 cm³/mol. The fourth-order valence-electron chi connectivity index (χ4n) is 2.74. The first-order chi connectivity index (χ1) is 13.5. The van der Waals surface area contributed by atoms with Crippen LogP contribution in [0.2, 0.25) is 0 Å². The van der Waals surface area contributed by atoms with Crippen LogP contribution in [0, 0.1) is 6.92 Å². The van der Waals surface area contributed by atoms with Gasteiger partial charge < -0.3 is 5.32 Å². The van der Waals surface area contributed by atoms with Gasteiger partial charge >= 0.3 is 0 Å². The summed E-state index contributed by atoms with van der Waals surface area (Å²) in [4.78, 5) is 38.2. The topological polar surface area (TPSA) is 66.5 Å². The van der Waals surface area contributed by atoms with Gasteiger partial charge in [-0.1, -0.05) is 61.0 Å². The molecule has 1 N–H and O–H groups in total. The minimum absolute atomic E-state index is 0.275. The Labute approximate surface area is 168 Å². The molecule has 28 heavy (non-hydrogen) atoms. The van der Waals surface area contributed by atoms with E-state index in [2.05, 4.69) is 12.2 Å². The summed E-state index contributed by atoms with van der Waals surface area (Å²) in [7, 11) is 0. The minimum Gasteiger partial charge on any atom is -0.350 e. The number of hydrogen-bond donors (Lipinski definition) is 1. The lowest BCUT2D eigenvalue weighted by Crippen LogP contribution is -2.39. The van der Waals surface area contributed by atoms with Crippen LogP contribution in [0.4, 0.5) is 4.79 Å². The molecule has 6 heteroatoms. The van der Waals surface area contributed by atoms with E-state index in [1.807, 2.05) is 55.5 Å². The standard InChI is InChI=1S/C22H22N2O3S/c1-3-16-8-10-17(11-9-16)12-19-21(26)24(22(27)28-19)14-20(25)23-13-18-6-4-15(2)5-7-18/h4-12H,3,13-14H2,1-2H3,(H,23,25)/b19-12-. The number of carbonyl (C=O) groups is 3. The van der Waals surface area contributed by atoms with E-state index < -0.39 is 11.1 Å². The Morgan fingerprint density at radius 3 is 2.32 bits per heavy atom. The van der Waals surface area contributed by atoms with Crippen molar-refractivity contribution < 1.29 is 14.4 Å². The Bertz CT molecular complexity index is 918. The van der Waals surface area contributed by atoms with Gasteiger partial charge in [-0.2, -0.15) is 0 Å². The van der Waals surface area contributed by atoms with Gasteiger partial charge in [-0.25, -0.2) is 0 Å². The van der Waals surface area contributed by atoms with Crippen LogP contribution in [0.1, 0.15) is 29.2 Å². The number of nitrogens with one attached hydrogen (secondary N) is 1. The number of rotatable bonds is 6. The number of aryl methyl sites for hydroxylation is 2. The molecule has 1 heterocycles. The molecule has 3 amide bonds. The Balaban J connectivity index is 1.60. The van der Waals surface area contributed by atoms with Crippen LogP contribution >= 0.6 is 11.8 Å². The van der Waals surface area contributed by atoms with E-state index in [-0.39, 0.29) is 12.5 Å². The molecule has 0 radical (unpaired) electrons. The van der Waals surface area contributed by atoms with Crippen LogP contribution in [0.15, 0.2) is 53.4 Å². The van der Waals surface area contributed by atoms with Crippen LogP contribution in [0.25, 0.3) is 6.08 Å². The van der Waals surface area contributed by atoms with E-state index in [1.54, 1.807) is 6.08 Å². The quantitative estimate of drug-likeness (QED) is 0.755. The molecule has 1 aliphatic rings. The normalized spacial score (nSPS) is 15.4. The van der Waals surface area contributed by atoms with E-state index in [0.717, 1.165) is 39.8 Å². The summed E-state index contributed by atoms with van der Waals surface area (Å²) >= 11 is 0.863. The van der Waals surface area contributed by atoms with Gasteiger partial charge in [0.15, 0.2) is 0 Å². The Morgan fingerprint density at radius 1 is 1.04 bits per heavy atom. The van der Waals surface area contributed by atoms with E-state index in [9.17, 15) is 14.4 Å². The number of carbonyl (C=O) groups excluding carboxylic acids is 3. The molecule has 0 atom stereocenters. The number of benzene rings is 2. The first-order valence-electron chi connectivity index (χ1n) is 9.13. The molecule has 144 valence electrons. The molecular formula is C22H22N2O3S. The van der Waals surface area contributed by atoms with Gasteiger partial charge in [-0.05, 0) is 47.9 Å². The van der Waals surface area contributed by atoms with E-state index >= 15 is 0 Å². The number of imide groups is 1. The average Bonchev–Trinajstić information content (AvgIpc) is 2.95. The Morgan fingerprint density at radius 2 is 1.68 bits per heavy atom. The SMILES string of the molecule is CCc1ccc(/C=C2\SC(=O)N(CC(=O)NCc3ccc(C)cc3)C2=O)cc1. The third-order valence-corrected chi connectivity index (χ3v) is 5.38. The Kier molecular flexibility index (Phi) is 6.31. The van der Waals surface area contributed by atoms with Gasteiger partial charge in [0, 0.05) is 6.54 Å². The first-order valence-corrected chi connectivity index (χ1v) is 9.94. The summed E-state index contributed by atoms with van der Waals surface area (Å²) < 4.78 is 0. The summed E-state index contributed by atoms with van der Waals surface area (Å²) in [6.45, 7) is 4.15. The van der Waals surface area contributed by atoms with Crippen molar-refractivity contribution in [1.29, 1.82) is 0 Å². The van der Waals surface area contributed by atoms with Crippen LogP contribution in [0.5, 0.6) is 0 Å². The van der Waals surface area contributed by atoms with Gasteiger partial charge in [0.2, 0.25) is 5.91 Å². The lowest BCUT2D eigenvalue weighted by molar-refractivity contribution is -0.129. The Hall–Kier alpha value is -2.86. The largest absolute Gasteiger partial charge is 0.350 e. The highest BCUT2D eigenvalue weighted by Crippen LogP contribution is 2.32. The maximum Gasteiger partial charge on any atom is 0.294 e. The van der Waals surface area contributed by atoms with Gasteiger partial charge in [0.05, 0.1) is 4.91 Å². The summed E-state index contributed by atoms with van der Waals surface area (Å²) in [5.41, 5.74) is 4.16. The lowest BCUT2D eigenvalue weighted by atomic mass is 10.1. The molecule has 1 aliphatic heterocycles. The van der Waals surface area contributed by atoms with Crippen molar-refractivity contribution in [3.05, 3.63) is 75.7 Å². The number of amides is 3. The summed E-state index contributed by atoms with van der Waals surface area (Å²) in [5, 5.41) is 2.33. The van der Waals surface area contributed by atoms with Crippen LogP contribution in [0.3, 0.4) is 0 Å². The third-order valence-electron chi connectivity index (χ3n) is 4.47. The molecule has 0 unspecified atom stereocenters. The summed E-state index contributed by atoms with van der Waals surface area (Å²) in [6, 6.07) is 15.6. The molecular weight excluding hydrogens is 372 g/mol. The van der Waals surface area contributed by atoms with Gasteiger partial charge in [0.25, 0.3) is 11.1 Å². The van der Waals surface area contributed by atoms with E-state index in [4.69, 9.17) is 0 Å². The van der Waals surface area contributed by atoms with Crippen molar-refractivity contribution in [2.45, 2.75) is 26.8 Å². The van der Waals surface area contributed by atoms with Crippen molar-refractivity contribution in [2.24, 2.45) is 0 Å². The molecule has 0 bridgehead atoms. The molecule has 2 aromatic rings. The van der Waals surface area contributed by atoms with Crippen LogP contribution in [-0.2, 0) is 22.6 Å². The molecule has 3 rings (SSSR count). The second kappa shape index (κ2) is 8.89. The minimum atomic E-state index is -0.431. The second-order valence-electron chi connectivity index (χ2n) is 6.63. The highest BCUT2D eigenvalue weighted by molar-refractivity contribution is 8.18. The summed E-state index contributed by atoms with van der Waals surface area (Å²) in [5.74, 6) is -0.795. The van der Waals surface area contributed by atoms with Crippen LogP contribution in [-0.4, -0.2) is 28.5 Å². The molecule has 0 aliphatic carbocycles. The average molecular weight is 394 g/mol. The zero-order valence-electron chi connectivity index (χ0n) is 15.9. The maximum atomic E-state index is 12.5. The molecule has 1 saturated heterocycles. The lowest BCUT2D eigenvalue weighted by Gasteiger charge is -2.12. The van der Waals surface area contributed by atoms with Crippen LogP contribution < -0.4 is 5.32 Å². The molecule has 0 spiro atoms. The monoisotopic (exact) mass is 394 g/mol. The molecule has 5 nitrogen and oxygen atoms in total. The highest BCUT2D eigenvalue weighted by Gasteiger charge is 2.36. The molecule has 1 fully saturated rings. The first kappa shape index (κ1) is 19.9. The fraction of sp³-hybridized carbons (Fsp3) is 0.227. The zero-order valence-corrected chi connectivity index (χ0v) is 16.7. The zero-order chi connectivity index (χ0) is 20.1. The molecule has 0 saturated carbocycles. The highest BCUT2D eigenvalue weighted by atomic mass is 32.2. The number of nitrogens with zero attached hydrogens (tertiary/aromatic N) is 1. The molecule has 0 aromatic heterocycles.